The van der Waals surface area contributed by atoms with Crippen molar-refractivity contribution in [2.45, 2.75) is 39.3 Å². The summed E-state index contributed by atoms with van der Waals surface area (Å²) in [5.41, 5.74) is 2.09. The third-order valence-corrected chi connectivity index (χ3v) is 4.23. The molecule has 1 aliphatic heterocycles. The number of halogens is 1. The highest BCUT2D eigenvalue weighted by Crippen LogP contribution is 2.31. The Labute approximate surface area is 133 Å². The molecule has 0 spiro atoms. The van der Waals surface area contributed by atoms with E-state index in [0.29, 0.717) is 5.52 Å². The molecule has 2 aromatic heterocycles. The van der Waals surface area contributed by atoms with Crippen molar-refractivity contribution < 1.29 is 4.39 Å². The highest BCUT2D eigenvalue weighted by Gasteiger charge is 2.24. The van der Waals surface area contributed by atoms with Crippen LogP contribution >= 0.6 is 0 Å². The lowest BCUT2D eigenvalue weighted by molar-refractivity contribution is 0.437. The van der Waals surface area contributed by atoms with E-state index in [4.69, 9.17) is 0 Å². The largest absolute Gasteiger partial charge is 0.374 e. The average molecular weight is 311 g/mol. The van der Waals surface area contributed by atoms with Crippen LogP contribution in [0, 0.1) is 19.7 Å². The van der Waals surface area contributed by atoms with E-state index in [1.807, 2.05) is 30.7 Å². The Balaban J connectivity index is 1.78. The summed E-state index contributed by atoms with van der Waals surface area (Å²) in [6, 6.07) is 7.10. The van der Waals surface area contributed by atoms with Crippen LogP contribution in [0.4, 0.5) is 10.1 Å². The van der Waals surface area contributed by atoms with Gasteiger partial charge < -0.3 is 5.32 Å². The number of nitrogens with zero attached hydrogens (tertiary/aromatic N) is 4. The molecule has 23 heavy (non-hydrogen) atoms. The molecule has 0 radical (unpaired) electrons. The molecule has 3 heterocycles. The molecule has 6 heteroatoms. The lowest BCUT2D eigenvalue weighted by Crippen LogP contribution is -2.22. The van der Waals surface area contributed by atoms with Crippen molar-refractivity contribution in [3.63, 3.8) is 0 Å². The van der Waals surface area contributed by atoms with E-state index in [1.165, 1.54) is 6.07 Å². The normalized spacial score (nSPS) is 17.3. The first kappa shape index (κ1) is 14.1. The predicted molar refractivity (Wildman–Crippen MR) is 86.8 cm³/mol. The molecule has 4 rings (SSSR count). The monoisotopic (exact) mass is 311 g/mol. The Morgan fingerprint density at radius 1 is 1.26 bits per heavy atom. The van der Waals surface area contributed by atoms with E-state index in [9.17, 15) is 4.39 Å². The number of anilines is 1. The molecule has 118 valence electrons. The van der Waals surface area contributed by atoms with Crippen molar-refractivity contribution in [1.29, 1.82) is 0 Å². The number of hydrogen-bond acceptors (Lipinski definition) is 4. The molecule has 0 bridgehead atoms. The summed E-state index contributed by atoms with van der Waals surface area (Å²) in [4.78, 5) is 8.88. The molecule has 1 N–H and O–H groups in total. The fourth-order valence-electron chi connectivity index (χ4n) is 3.25. The molecule has 1 atom stereocenters. The number of aryl methyl sites for hydroxylation is 3. The summed E-state index contributed by atoms with van der Waals surface area (Å²) in [7, 11) is 0. The Kier molecular flexibility index (Phi) is 3.25. The van der Waals surface area contributed by atoms with E-state index < -0.39 is 0 Å². The van der Waals surface area contributed by atoms with Gasteiger partial charge >= 0.3 is 0 Å². The Morgan fingerprint density at radius 3 is 3.00 bits per heavy atom. The number of aromatic nitrogens is 4. The summed E-state index contributed by atoms with van der Waals surface area (Å²) in [5, 5.41) is 8.76. The van der Waals surface area contributed by atoms with Gasteiger partial charge in [-0.1, -0.05) is 12.1 Å². The van der Waals surface area contributed by atoms with E-state index in [-0.39, 0.29) is 11.9 Å². The molecular weight excluding hydrogens is 293 g/mol. The van der Waals surface area contributed by atoms with E-state index >= 15 is 0 Å². The van der Waals surface area contributed by atoms with E-state index in [0.717, 1.165) is 47.8 Å². The molecule has 5 nitrogen and oxygen atoms in total. The van der Waals surface area contributed by atoms with Crippen LogP contribution in [0.1, 0.15) is 36.2 Å². The summed E-state index contributed by atoms with van der Waals surface area (Å²) in [6.45, 7) is 4.69. The highest BCUT2D eigenvalue weighted by molar-refractivity contribution is 5.91. The standard InChI is InChI=1S/C17H18FN5/c1-10-9-15(12-5-3-6-13(18)16(12)19-10)21-14-7-4-8-23-17(14)20-11(2)22-23/h3,5-6,9,14H,4,7-8H2,1-2H3,(H,19,21). The Hall–Kier alpha value is -2.50. The molecule has 0 fully saturated rings. The SMILES string of the molecule is Cc1cc(NC2CCCn3nc(C)nc32)c2cccc(F)c2n1. The van der Waals surface area contributed by atoms with Crippen molar-refractivity contribution in [2.24, 2.45) is 0 Å². The first-order valence-corrected chi connectivity index (χ1v) is 7.85. The number of rotatable bonds is 2. The third kappa shape index (κ3) is 2.44. The fourth-order valence-corrected chi connectivity index (χ4v) is 3.25. The van der Waals surface area contributed by atoms with Gasteiger partial charge in [0, 0.05) is 23.3 Å². The average Bonchev–Trinajstić information content (AvgIpc) is 2.90. The third-order valence-electron chi connectivity index (χ3n) is 4.23. The highest BCUT2D eigenvalue weighted by atomic mass is 19.1. The number of pyridine rings is 1. The van der Waals surface area contributed by atoms with Crippen molar-refractivity contribution >= 4 is 16.6 Å². The zero-order valence-corrected chi connectivity index (χ0v) is 13.2. The van der Waals surface area contributed by atoms with Crippen LogP contribution in [0.5, 0.6) is 0 Å². The number of fused-ring (bicyclic) bond motifs is 2. The molecule has 1 unspecified atom stereocenters. The maximum atomic E-state index is 14.1. The molecule has 1 aliphatic rings. The van der Waals surface area contributed by atoms with Crippen LogP contribution in [-0.2, 0) is 6.54 Å². The van der Waals surface area contributed by atoms with Gasteiger partial charge in [-0.25, -0.2) is 19.0 Å². The predicted octanol–water partition coefficient (Wildman–Crippen LogP) is 3.53. The minimum absolute atomic E-state index is 0.0817. The number of benzene rings is 1. The number of hydrogen-bond donors (Lipinski definition) is 1. The minimum atomic E-state index is -0.295. The molecule has 0 amide bonds. The number of nitrogens with one attached hydrogen (secondary N) is 1. The molecule has 0 aliphatic carbocycles. The molecule has 0 saturated carbocycles. The first-order chi connectivity index (χ1) is 11.1. The second-order valence-electron chi connectivity index (χ2n) is 6.03. The summed E-state index contributed by atoms with van der Waals surface area (Å²) in [6.07, 6.45) is 2.03. The van der Waals surface area contributed by atoms with Crippen LogP contribution in [-0.4, -0.2) is 19.7 Å². The quantitative estimate of drug-likeness (QED) is 0.786. The number of para-hydroxylation sites is 1. The van der Waals surface area contributed by atoms with Crippen molar-refractivity contribution in [3.8, 4) is 0 Å². The lowest BCUT2D eigenvalue weighted by Gasteiger charge is -2.24. The van der Waals surface area contributed by atoms with Crippen molar-refractivity contribution in [1.82, 2.24) is 19.7 Å². The van der Waals surface area contributed by atoms with Gasteiger partial charge in [0.25, 0.3) is 0 Å². The second-order valence-corrected chi connectivity index (χ2v) is 6.03. The van der Waals surface area contributed by atoms with E-state index in [1.54, 1.807) is 6.07 Å². The second kappa shape index (κ2) is 5.30. The zero-order chi connectivity index (χ0) is 16.0. The van der Waals surface area contributed by atoms with Crippen LogP contribution < -0.4 is 5.32 Å². The minimum Gasteiger partial charge on any atom is -0.374 e. The van der Waals surface area contributed by atoms with Crippen LogP contribution in [0.3, 0.4) is 0 Å². The lowest BCUT2D eigenvalue weighted by atomic mass is 10.1. The van der Waals surface area contributed by atoms with Gasteiger partial charge in [0.15, 0.2) is 0 Å². The molecule has 3 aromatic rings. The van der Waals surface area contributed by atoms with E-state index in [2.05, 4.69) is 20.4 Å². The van der Waals surface area contributed by atoms with Gasteiger partial charge in [-0.05, 0) is 38.8 Å². The summed E-state index contributed by atoms with van der Waals surface area (Å²) >= 11 is 0. The smallest absolute Gasteiger partial charge is 0.149 e. The molecule has 1 aromatic carbocycles. The zero-order valence-electron chi connectivity index (χ0n) is 13.2. The maximum Gasteiger partial charge on any atom is 0.149 e. The van der Waals surface area contributed by atoms with Gasteiger partial charge in [0.1, 0.15) is 23.0 Å². The molecular formula is C17H18FN5. The van der Waals surface area contributed by atoms with Crippen LogP contribution in [0.2, 0.25) is 0 Å². The summed E-state index contributed by atoms with van der Waals surface area (Å²) in [5.74, 6) is 1.44. The topological polar surface area (TPSA) is 55.6 Å². The van der Waals surface area contributed by atoms with Crippen molar-refractivity contribution in [3.05, 3.63) is 47.4 Å². The molecule has 0 saturated heterocycles. The van der Waals surface area contributed by atoms with Gasteiger partial charge in [-0.15, -0.1) is 0 Å². The van der Waals surface area contributed by atoms with Crippen LogP contribution in [0.25, 0.3) is 10.9 Å². The Bertz CT molecular complexity index is 886. The van der Waals surface area contributed by atoms with Gasteiger partial charge in [0.05, 0.1) is 6.04 Å². The fraction of sp³-hybridized carbons (Fsp3) is 0.353. The van der Waals surface area contributed by atoms with Gasteiger partial charge in [-0.2, -0.15) is 5.10 Å². The summed E-state index contributed by atoms with van der Waals surface area (Å²) < 4.78 is 16.0. The van der Waals surface area contributed by atoms with Gasteiger partial charge in [0.2, 0.25) is 0 Å². The van der Waals surface area contributed by atoms with Crippen LogP contribution in [0.15, 0.2) is 24.3 Å². The van der Waals surface area contributed by atoms with Crippen molar-refractivity contribution in [2.75, 3.05) is 5.32 Å². The van der Waals surface area contributed by atoms with Gasteiger partial charge in [-0.3, -0.25) is 0 Å². The Morgan fingerprint density at radius 2 is 2.13 bits per heavy atom. The maximum absolute atomic E-state index is 14.1. The first-order valence-electron chi connectivity index (χ1n) is 7.85.